The Morgan fingerprint density at radius 1 is 1.39 bits per heavy atom. The van der Waals surface area contributed by atoms with Gasteiger partial charge in [0.25, 0.3) is 0 Å². The normalized spacial score (nSPS) is 16.6. The summed E-state index contributed by atoms with van der Waals surface area (Å²) in [5.74, 6) is 0.726. The van der Waals surface area contributed by atoms with Crippen molar-refractivity contribution >= 4 is 28.6 Å². The monoisotopic (exact) mass is 265 g/mol. The molecule has 18 heavy (non-hydrogen) atoms. The number of halogens is 1. The van der Waals surface area contributed by atoms with Crippen LogP contribution in [0.5, 0.6) is 0 Å². The fourth-order valence-corrected chi connectivity index (χ4v) is 2.79. The molecule has 0 amide bonds. The molecule has 2 aromatic heterocycles. The van der Waals surface area contributed by atoms with Gasteiger partial charge in [0.2, 0.25) is 5.28 Å². The fraction of sp³-hybridized carbons (Fsp3) is 0.583. The van der Waals surface area contributed by atoms with Crippen molar-refractivity contribution in [2.24, 2.45) is 0 Å². The predicted molar refractivity (Wildman–Crippen MR) is 72.0 cm³/mol. The van der Waals surface area contributed by atoms with Gasteiger partial charge in [-0.1, -0.05) is 12.8 Å². The first-order valence-electron chi connectivity index (χ1n) is 6.43. The molecule has 2 aromatic rings. The Morgan fingerprint density at radius 3 is 2.89 bits per heavy atom. The van der Waals surface area contributed by atoms with Crippen LogP contribution in [0.4, 0.5) is 5.82 Å². The number of fused-ring (bicyclic) bond motifs is 1. The molecule has 5 nitrogen and oxygen atoms in total. The summed E-state index contributed by atoms with van der Waals surface area (Å²) in [5.41, 5.74) is 1.66. The molecule has 3 rings (SSSR count). The van der Waals surface area contributed by atoms with E-state index in [0.29, 0.717) is 6.04 Å². The lowest BCUT2D eigenvalue weighted by atomic mass is 10.2. The van der Waals surface area contributed by atoms with Crippen molar-refractivity contribution in [1.82, 2.24) is 19.5 Å². The van der Waals surface area contributed by atoms with Crippen LogP contribution in [0.15, 0.2) is 6.33 Å². The molecule has 1 aliphatic rings. The van der Waals surface area contributed by atoms with Gasteiger partial charge in [-0.25, -0.2) is 4.98 Å². The van der Waals surface area contributed by atoms with Crippen molar-refractivity contribution in [1.29, 1.82) is 0 Å². The highest BCUT2D eigenvalue weighted by molar-refractivity contribution is 6.28. The molecule has 1 aliphatic carbocycles. The molecule has 0 unspecified atom stereocenters. The second-order valence-electron chi connectivity index (χ2n) is 4.63. The zero-order chi connectivity index (χ0) is 12.5. The van der Waals surface area contributed by atoms with E-state index in [0.717, 1.165) is 23.5 Å². The van der Waals surface area contributed by atoms with Crippen molar-refractivity contribution in [3.63, 3.8) is 0 Å². The number of anilines is 1. The van der Waals surface area contributed by atoms with Gasteiger partial charge < -0.3 is 9.88 Å². The summed E-state index contributed by atoms with van der Waals surface area (Å²) >= 11 is 5.99. The molecule has 6 heteroatoms. The number of rotatable bonds is 3. The van der Waals surface area contributed by atoms with Gasteiger partial charge in [0.05, 0.1) is 6.33 Å². The van der Waals surface area contributed by atoms with Crippen LogP contribution in [0.3, 0.4) is 0 Å². The first-order valence-corrected chi connectivity index (χ1v) is 6.81. The van der Waals surface area contributed by atoms with E-state index in [-0.39, 0.29) is 5.28 Å². The largest absolute Gasteiger partial charge is 0.368 e. The third kappa shape index (κ3) is 1.92. The van der Waals surface area contributed by atoms with Crippen LogP contribution in [-0.4, -0.2) is 26.1 Å². The topological polar surface area (TPSA) is 55.6 Å². The zero-order valence-electron chi connectivity index (χ0n) is 10.4. The molecule has 0 spiro atoms. The van der Waals surface area contributed by atoms with Crippen molar-refractivity contribution in [2.45, 2.75) is 38.6 Å². The molecule has 1 saturated carbocycles. The quantitative estimate of drug-likeness (QED) is 0.867. The third-order valence-corrected chi connectivity index (χ3v) is 3.63. The van der Waals surface area contributed by atoms with Gasteiger partial charge in [0.15, 0.2) is 17.0 Å². The first kappa shape index (κ1) is 11.7. The number of hydrogen-bond donors (Lipinski definition) is 1. The predicted octanol–water partition coefficient (Wildman–Crippen LogP) is 3.03. The van der Waals surface area contributed by atoms with Crippen LogP contribution in [0.25, 0.3) is 11.2 Å². The molecule has 0 atom stereocenters. The van der Waals surface area contributed by atoms with Gasteiger partial charge in [-0.3, -0.25) is 0 Å². The minimum absolute atomic E-state index is 0.276. The molecule has 0 saturated heterocycles. The minimum atomic E-state index is 0.276. The highest BCUT2D eigenvalue weighted by Crippen LogP contribution is 2.32. The summed E-state index contributed by atoms with van der Waals surface area (Å²) in [4.78, 5) is 13.0. The Hall–Kier alpha value is -1.36. The van der Waals surface area contributed by atoms with E-state index in [1.165, 1.54) is 25.7 Å². The Morgan fingerprint density at radius 2 is 2.17 bits per heavy atom. The summed E-state index contributed by atoms with van der Waals surface area (Å²) in [6, 6.07) is 0.510. The van der Waals surface area contributed by atoms with Crippen molar-refractivity contribution in [2.75, 3.05) is 11.9 Å². The van der Waals surface area contributed by atoms with Crippen molar-refractivity contribution in [3.05, 3.63) is 11.6 Å². The van der Waals surface area contributed by atoms with Crippen LogP contribution < -0.4 is 5.32 Å². The third-order valence-electron chi connectivity index (χ3n) is 3.46. The molecule has 1 N–H and O–H groups in total. The Labute approximate surface area is 111 Å². The molecule has 0 bridgehead atoms. The van der Waals surface area contributed by atoms with Gasteiger partial charge in [0, 0.05) is 12.6 Å². The number of aromatic nitrogens is 4. The van der Waals surface area contributed by atoms with Gasteiger partial charge in [-0.05, 0) is 31.4 Å². The SMILES string of the molecule is CCNc1nc(Cl)nc2c1ncn2C1CCCC1. The second kappa shape index (κ2) is 4.72. The van der Waals surface area contributed by atoms with Gasteiger partial charge in [-0.2, -0.15) is 9.97 Å². The van der Waals surface area contributed by atoms with E-state index in [2.05, 4.69) is 24.8 Å². The van der Waals surface area contributed by atoms with Crippen LogP contribution in [0.1, 0.15) is 38.6 Å². The smallest absolute Gasteiger partial charge is 0.226 e. The number of nitrogens with zero attached hydrogens (tertiary/aromatic N) is 4. The first-order chi connectivity index (χ1) is 8.79. The summed E-state index contributed by atoms with van der Waals surface area (Å²) in [6.45, 7) is 2.81. The summed E-state index contributed by atoms with van der Waals surface area (Å²) < 4.78 is 2.15. The Balaban J connectivity index is 2.11. The van der Waals surface area contributed by atoms with E-state index in [4.69, 9.17) is 11.6 Å². The average molecular weight is 266 g/mol. The maximum absolute atomic E-state index is 5.99. The maximum atomic E-state index is 5.99. The minimum Gasteiger partial charge on any atom is -0.368 e. The van der Waals surface area contributed by atoms with E-state index in [1.807, 2.05) is 13.3 Å². The van der Waals surface area contributed by atoms with Crippen molar-refractivity contribution in [3.8, 4) is 0 Å². The van der Waals surface area contributed by atoms with Gasteiger partial charge in [0.1, 0.15) is 0 Å². The van der Waals surface area contributed by atoms with E-state index >= 15 is 0 Å². The maximum Gasteiger partial charge on any atom is 0.226 e. The lowest BCUT2D eigenvalue weighted by Crippen LogP contribution is -2.06. The molecular weight excluding hydrogens is 250 g/mol. The molecular formula is C12H16ClN5. The summed E-state index contributed by atoms with van der Waals surface area (Å²) in [7, 11) is 0. The Kier molecular flexibility index (Phi) is 3.07. The van der Waals surface area contributed by atoms with Gasteiger partial charge >= 0.3 is 0 Å². The molecule has 1 fully saturated rings. The van der Waals surface area contributed by atoms with Crippen molar-refractivity contribution < 1.29 is 0 Å². The van der Waals surface area contributed by atoms with E-state index in [1.54, 1.807) is 0 Å². The van der Waals surface area contributed by atoms with E-state index < -0.39 is 0 Å². The standard InChI is InChI=1S/C12H16ClN5/c1-2-14-10-9-11(17-12(13)16-10)18(7-15-9)8-5-3-4-6-8/h7-8H,2-6H2,1H3,(H,14,16,17). The molecule has 0 aromatic carbocycles. The molecule has 0 radical (unpaired) electrons. The number of nitrogens with one attached hydrogen (secondary N) is 1. The Bertz CT molecular complexity index is 559. The highest BCUT2D eigenvalue weighted by atomic mass is 35.5. The van der Waals surface area contributed by atoms with E-state index in [9.17, 15) is 0 Å². The fourth-order valence-electron chi connectivity index (χ4n) is 2.63. The lowest BCUT2D eigenvalue weighted by Gasteiger charge is -2.11. The highest BCUT2D eigenvalue weighted by Gasteiger charge is 2.21. The molecule has 2 heterocycles. The number of imidazole rings is 1. The van der Waals surface area contributed by atoms with Gasteiger partial charge in [-0.15, -0.1) is 0 Å². The molecule has 0 aliphatic heterocycles. The lowest BCUT2D eigenvalue weighted by molar-refractivity contribution is 0.529. The van der Waals surface area contributed by atoms with Crippen LogP contribution in [-0.2, 0) is 0 Å². The van der Waals surface area contributed by atoms with Crippen LogP contribution in [0, 0.1) is 0 Å². The zero-order valence-corrected chi connectivity index (χ0v) is 11.1. The van der Waals surface area contributed by atoms with Crippen LogP contribution >= 0.6 is 11.6 Å². The average Bonchev–Trinajstić information content (AvgIpc) is 2.96. The summed E-state index contributed by atoms with van der Waals surface area (Å²) in [5, 5.41) is 3.46. The second-order valence-corrected chi connectivity index (χ2v) is 4.97. The van der Waals surface area contributed by atoms with Crippen LogP contribution in [0.2, 0.25) is 5.28 Å². The molecule has 96 valence electrons. The number of hydrogen-bond acceptors (Lipinski definition) is 4. The summed E-state index contributed by atoms with van der Waals surface area (Å²) in [6.07, 6.45) is 6.83.